The fourth-order valence-corrected chi connectivity index (χ4v) is 3.93. The van der Waals surface area contributed by atoms with Gasteiger partial charge in [-0.25, -0.2) is 4.79 Å². The quantitative estimate of drug-likeness (QED) is 0.865. The molecule has 1 unspecified atom stereocenters. The second-order valence-corrected chi connectivity index (χ2v) is 6.70. The zero-order chi connectivity index (χ0) is 14.0. The minimum Gasteiger partial charge on any atom is -0.479 e. The van der Waals surface area contributed by atoms with E-state index in [1.54, 1.807) is 18.2 Å². The van der Waals surface area contributed by atoms with Crippen LogP contribution in [0.5, 0.6) is 0 Å². The van der Waals surface area contributed by atoms with Crippen LogP contribution in [0.1, 0.15) is 16.8 Å². The van der Waals surface area contributed by atoms with Crippen LogP contribution in [0.2, 0.25) is 5.02 Å². The predicted molar refractivity (Wildman–Crippen MR) is 78.9 cm³/mol. The first-order chi connectivity index (χ1) is 8.94. The van der Waals surface area contributed by atoms with E-state index >= 15 is 0 Å². The van der Waals surface area contributed by atoms with Gasteiger partial charge in [0.25, 0.3) is 5.91 Å². The second-order valence-electron chi connectivity index (χ2n) is 4.27. The Hall–Kier alpha value is -0.720. The molecule has 1 aliphatic heterocycles. The Morgan fingerprint density at radius 2 is 2.21 bits per heavy atom. The lowest BCUT2D eigenvalue weighted by molar-refractivity contribution is -0.143. The molecule has 0 saturated carbocycles. The van der Waals surface area contributed by atoms with E-state index in [9.17, 15) is 14.7 Å². The fraction of sp³-hybridized carbons (Fsp3) is 0.333. The maximum absolute atomic E-state index is 12.2. The highest BCUT2D eigenvalue weighted by Crippen LogP contribution is 2.29. The molecule has 102 valence electrons. The van der Waals surface area contributed by atoms with Crippen molar-refractivity contribution in [3.63, 3.8) is 0 Å². The highest BCUT2D eigenvalue weighted by atomic mass is 79.9. The molecule has 1 aromatic rings. The average molecular weight is 365 g/mol. The van der Waals surface area contributed by atoms with Crippen molar-refractivity contribution in [1.82, 2.24) is 5.32 Å². The number of hydrogen-bond donors (Lipinski definition) is 2. The lowest BCUT2D eigenvalue weighted by Crippen LogP contribution is -2.54. The normalized spacial score (nSPS) is 22.2. The number of hydrogen-bond acceptors (Lipinski definition) is 3. The molecule has 1 aliphatic rings. The summed E-state index contributed by atoms with van der Waals surface area (Å²) < 4.78 is 0.762. The van der Waals surface area contributed by atoms with Crippen LogP contribution >= 0.6 is 39.3 Å². The minimum atomic E-state index is -1.18. The van der Waals surface area contributed by atoms with Crippen molar-refractivity contribution in [3.05, 3.63) is 33.3 Å². The zero-order valence-electron chi connectivity index (χ0n) is 9.78. The van der Waals surface area contributed by atoms with Crippen LogP contribution in [0.4, 0.5) is 0 Å². The Labute approximate surface area is 128 Å². The van der Waals surface area contributed by atoms with E-state index in [1.807, 2.05) is 0 Å². The molecule has 0 bridgehead atoms. The molecule has 0 aliphatic carbocycles. The molecule has 4 nitrogen and oxygen atoms in total. The largest absolute Gasteiger partial charge is 0.479 e. The molecule has 19 heavy (non-hydrogen) atoms. The molecule has 0 radical (unpaired) electrons. The highest BCUT2D eigenvalue weighted by Gasteiger charge is 2.43. The van der Waals surface area contributed by atoms with E-state index < -0.39 is 17.4 Å². The van der Waals surface area contributed by atoms with Crippen LogP contribution in [-0.4, -0.2) is 34.0 Å². The van der Waals surface area contributed by atoms with Crippen molar-refractivity contribution < 1.29 is 14.7 Å². The lowest BCUT2D eigenvalue weighted by atomic mass is 9.98. The lowest BCUT2D eigenvalue weighted by Gasteiger charge is -2.24. The molecular formula is C12H11BrClNO3S. The number of carboxylic acids is 1. The van der Waals surface area contributed by atoms with Gasteiger partial charge >= 0.3 is 5.97 Å². The molecule has 7 heteroatoms. The summed E-state index contributed by atoms with van der Waals surface area (Å²) in [5, 5.41) is 12.2. The Bertz CT molecular complexity index is 532. The standard InChI is InChI=1S/C12H11BrClNO3S/c13-7-1-2-8(9(14)5-7)10(16)15-12(11(17)18)3-4-19-6-12/h1-2,5H,3-4,6H2,(H,15,16)(H,17,18). The molecule has 1 fully saturated rings. The molecule has 1 heterocycles. The maximum atomic E-state index is 12.2. The van der Waals surface area contributed by atoms with Gasteiger partial charge in [0.05, 0.1) is 10.6 Å². The number of carbonyl (C=O) groups is 2. The van der Waals surface area contributed by atoms with Gasteiger partial charge in [-0.3, -0.25) is 4.79 Å². The molecular weight excluding hydrogens is 354 g/mol. The number of carboxylic acid groups (broad SMARTS) is 1. The van der Waals surface area contributed by atoms with Gasteiger partial charge in [0.2, 0.25) is 0 Å². The van der Waals surface area contributed by atoms with E-state index in [2.05, 4.69) is 21.2 Å². The Kier molecular flexibility index (Phi) is 4.43. The van der Waals surface area contributed by atoms with E-state index in [-0.39, 0.29) is 10.6 Å². The number of rotatable bonds is 3. The first-order valence-electron chi connectivity index (χ1n) is 5.53. The third-order valence-corrected chi connectivity index (χ3v) is 4.96. The van der Waals surface area contributed by atoms with Crippen molar-refractivity contribution in [2.75, 3.05) is 11.5 Å². The molecule has 0 aromatic heterocycles. The number of carbonyl (C=O) groups excluding carboxylic acids is 1. The summed E-state index contributed by atoms with van der Waals surface area (Å²) in [5.41, 5.74) is -0.902. The summed E-state index contributed by atoms with van der Waals surface area (Å²) >= 11 is 10.8. The van der Waals surface area contributed by atoms with Crippen molar-refractivity contribution in [3.8, 4) is 0 Å². The Balaban J connectivity index is 2.22. The smallest absolute Gasteiger partial charge is 0.330 e. The summed E-state index contributed by atoms with van der Waals surface area (Å²) in [6, 6.07) is 4.87. The van der Waals surface area contributed by atoms with Crippen LogP contribution in [0, 0.1) is 0 Å². The average Bonchev–Trinajstić information content (AvgIpc) is 2.78. The number of thioether (sulfide) groups is 1. The van der Waals surface area contributed by atoms with Crippen molar-refractivity contribution in [1.29, 1.82) is 0 Å². The third kappa shape index (κ3) is 3.07. The Morgan fingerprint density at radius 1 is 1.47 bits per heavy atom. The minimum absolute atomic E-state index is 0.280. The predicted octanol–water partition coefficient (Wildman–Crippen LogP) is 2.79. The van der Waals surface area contributed by atoms with E-state index in [4.69, 9.17) is 11.6 Å². The summed E-state index contributed by atoms with van der Waals surface area (Å²) in [7, 11) is 0. The molecule has 1 aromatic carbocycles. The summed E-state index contributed by atoms with van der Waals surface area (Å²) in [6.07, 6.45) is 0.423. The zero-order valence-corrected chi connectivity index (χ0v) is 12.9. The monoisotopic (exact) mass is 363 g/mol. The second kappa shape index (κ2) is 5.73. The van der Waals surface area contributed by atoms with Crippen molar-refractivity contribution in [2.24, 2.45) is 0 Å². The van der Waals surface area contributed by atoms with E-state index in [1.165, 1.54) is 11.8 Å². The SMILES string of the molecule is O=C(NC1(C(=O)O)CCSC1)c1ccc(Br)cc1Cl. The summed E-state index contributed by atoms with van der Waals surface area (Å²) in [4.78, 5) is 23.5. The van der Waals surface area contributed by atoms with Crippen LogP contribution in [0.25, 0.3) is 0 Å². The maximum Gasteiger partial charge on any atom is 0.330 e. The number of nitrogens with one attached hydrogen (secondary N) is 1. The first-order valence-corrected chi connectivity index (χ1v) is 7.86. The van der Waals surface area contributed by atoms with Gasteiger partial charge in [-0.05, 0) is 30.4 Å². The number of benzene rings is 1. The van der Waals surface area contributed by atoms with Crippen LogP contribution < -0.4 is 5.32 Å². The van der Waals surface area contributed by atoms with Crippen molar-refractivity contribution in [2.45, 2.75) is 12.0 Å². The topological polar surface area (TPSA) is 66.4 Å². The molecule has 2 rings (SSSR count). The van der Waals surface area contributed by atoms with Gasteiger partial charge in [0, 0.05) is 10.2 Å². The summed E-state index contributed by atoms with van der Waals surface area (Å²) in [6.45, 7) is 0. The molecule has 1 amide bonds. The van der Waals surface area contributed by atoms with Crippen LogP contribution in [0.15, 0.2) is 22.7 Å². The van der Waals surface area contributed by atoms with Gasteiger partial charge in [-0.1, -0.05) is 27.5 Å². The van der Waals surface area contributed by atoms with Gasteiger partial charge in [0.15, 0.2) is 0 Å². The van der Waals surface area contributed by atoms with E-state index in [0.29, 0.717) is 12.2 Å². The van der Waals surface area contributed by atoms with Gasteiger partial charge in [0.1, 0.15) is 5.54 Å². The fourth-order valence-electron chi connectivity index (χ4n) is 1.84. The number of halogens is 2. The van der Waals surface area contributed by atoms with Gasteiger partial charge in [-0.15, -0.1) is 0 Å². The van der Waals surface area contributed by atoms with Gasteiger partial charge < -0.3 is 10.4 Å². The van der Waals surface area contributed by atoms with E-state index in [0.717, 1.165) is 10.2 Å². The Morgan fingerprint density at radius 3 is 2.74 bits per heavy atom. The number of amides is 1. The molecule has 1 atom stereocenters. The van der Waals surface area contributed by atoms with Gasteiger partial charge in [-0.2, -0.15) is 11.8 Å². The number of aliphatic carboxylic acids is 1. The molecule has 1 saturated heterocycles. The van der Waals surface area contributed by atoms with Crippen LogP contribution in [0.3, 0.4) is 0 Å². The third-order valence-electron chi connectivity index (χ3n) is 2.96. The van der Waals surface area contributed by atoms with Crippen LogP contribution in [-0.2, 0) is 4.79 Å². The molecule has 0 spiro atoms. The highest BCUT2D eigenvalue weighted by molar-refractivity contribution is 9.10. The van der Waals surface area contributed by atoms with Crippen molar-refractivity contribution >= 4 is 51.2 Å². The molecule has 2 N–H and O–H groups in total. The summed E-state index contributed by atoms with van der Waals surface area (Å²) in [5.74, 6) is -0.357. The first kappa shape index (κ1) is 14.7.